The molecule has 4 atom stereocenters. The molecule has 0 heterocycles. The van der Waals surface area contributed by atoms with Gasteiger partial charge in [-0.1, -0.05) is 13.3 Å². The third-order valence-electron chi connectivity index (χ3n) is 3.99. The van der Waals surface area contributed by atoms with Gasteiger partial charge in [0.2, 0.25) is 5.91 Å². The number of aliphatic carboxylic acids is 1. The van der Waals surface area contributed by atoms with Crippen LogP contribution in [-0.4, -0.2) is 46.2 Å². The molecule has 3 N–H and O–H groups in total. The Bertz CT molecular complexity index is 359. The summed E-state index contributed by atoms with van der Waals surface area (Å²) in [6.45, 7) is 3.85. The third kappa shape index (κ3) is 4.66. The molecule has 0 aromatic rings. The molecule has 0 saturated heterocycles. The zero-order valence-electron chi connectivity index (χ0n) is 12.4. The number of amides is 1. The molecule has 0 aromatic heterocycles. The second kappa shape index (κ2) is 7.31. The van der Waals surface area contributed by atoms with E-state index in [-0.39, 0.29) is 12.5 Å². The summed E-state index contributed by atoms with van der Waals surface area (Å²) in [7, 11) is 0. The van der Waals surface area contributed by atoms with Crippen molar-refractivity contribution in [3.8, 4) is 0 Å². The number of aliphatic hydroxyl groups is 1. The van der Waals surface area contributed by atoms with Crippen LogP contribution in [0.5, 0.6) is 0 Å². The van der Waals surface area contributed by atoms with Crippen LogP contribution in [0.3, 0.4) is 0 Å². The molecule has 0 aliphatic heterocycles. The number of carboxylic acid groups (broad SMARTS) is 1. The summed E-state index contributed by atoms with van der Waals surface area (Å²) in [6.07, 6.45) is 3.99. The number of hydrogen-bond acceptors (Lipinski definition) is 4. The van der Waals surface area contributed by atoms with Gasteiger partial charge in [0.15, 0.2) is 0 Å². The van der Waals surface area contributed by atoms with E-state index in [0.29, 0.717) is 24.5 Å². The van der Waals surface area contributed by atoms with Crippen LogP contribution in [0.25, 0.3) is 0 Å². The first kappa shape index (κ1) is 17.3. The number of nitrogens with one attached hydrogen (secondary N) is 1. The number of thioether (sulfide) groups is 1. The maximum absolute atomic E-state index is 12.2. The molecule has 1 rings (SSSR count). The highest BCUT2D eigenvalue weighted by atomic mass is 32.2. The van der Waals surface area contributed by atoms with Crippen LogP contribution in [0, 0.1) is 17.8 Å². The first-order valence-electron chi connectivity index (χ1n) is 7.02. The van der Waals surface area contributed by atoms with Crippen LogP contribution >= 0.6 is 11.8 Å². The Balaban J connectivity index is 2.59. The predicted molar refractivity (Wildman–Crippen MR) is 79.6 cm³/mol. The molecule has 0 bridgehead atoms. The van der Waals surface area contributed by atoms with Crippen molar-refractivity contribution in [3.63, 3.8) is 0 Å². The quantitative estimate of drug-likeness (QED) is 0.661. The molecular weight excluding hydrogens is 278 g/mol. The SMILES string of the molecule is CCC1C[C@H](C(=O)NCC(C)(O)CSC)[C@H](C(=O)O)C1. The molecule has 0 radical (unpaired) electrons. The topological polar surface area (TPSA) is 86.6 Å². The highest BCUT2D eigenvalue weighted by Gasteiger charge is 2.42. The maximum Gasteiger partial charge on any atom is 0.307 e. The van der Waals surface area contributed by atoms with Gasteiger partial charge in [-0.15, -0.1) is 0 Å². The van der Waals surface area contributed by atoms with Crippen LogP contribution < -0.4 is 5.32 Å². The average molecular weight is 303 g/mol. The lowest BCUT2D eigenvalue weighted by molar-refractivity contribution is -0.146. The van der Waals surface area contributed by atoms with Crippen molar-refractivity contribution in [1.82, 2.24) is 5.32 Å². The van der Waals surface area contributed by atoms with Gasteiger partial charge in [-0.3, -0.25) is 9.59 Å². The summed E-state index contributed by atoms with van der Waals surface area (Å²) in [4.78, 5) is 23.4. The Morgan fingerprint density at radius 3 is 2.45 bits per heavy atom. The van der Waals surface area contributed by atoms with Crippen molar-refractivity contribution in [3.05, 3.63) is 0 Å². The Labute approximate surface area is 124 Å². The lowest BCUT2D eigenvalue weighted by Gasteiger charge is -2.24. The number of carbonyl (C=O) groups is 2. The highest BCUT2D eigenvalue weighted by Crippen LogP contribution is 2.38. The fourth-order valence-electron chi connectivity index (χ4n) is 2.81. The van der Waals surface area contributed by atoms with Gasteiger partial charge in [-0.05, 0) is 31.9 Å². The molecule has 1 aliphatic rings. The Hall–Kier alpha value is -0.750. The normalized spacial score (nSPS) is 28.9. The van der Waals surface area contributed by atoms with Crippen molar-refractivity contribution >= 4 is 23.6 Å². The maximum atomic E-state index is 12.2. The summed E-state index contributed by atoms with van der Waals surface area (Å²) >= 11 is 1.51. The van der Waals surface area contributed by atoms with Crippen LogP contribution in [0.2, 0.25) is 0 Å². The van der Waals surface area contributed by atoms with Gasteiger partial charge in [-0.25, -0.2) is 0 Å². The van der Waals surface area contributed by atoms with Crippen molar-refractivity contribution in [2.45, 2.75) is 38.7 Å². The average Bonchev–Trinajstić information content (AvgIpc) is 2.80. The fraction of sp³-hybridized carbons (Fsp3) is 0.857. The lowest BCUT2D eigenvalue weighted by atomic mass is 9.95. The Kier molecular flexibility index (Phi) is 6.33. The van der Waals surface area contributed by atoms with E-state index < -0.39 is 23.4 Å². The minimum absolute atomic E-state index is 0.159. The molecule has 0 spiro atoms. The third-order valence-corrected chi connectivity index (χ3v) is 4.90. The van der Waals surface area contributed by atoms with E-state index in [4.69, 9.17) is 0 Å². The molecule has 1 saturated carbocycles. The number of hydrogen-bond donors (Lipinski definition) is 3. The standard InChI is InChI=1S/C14H25NO4S/c1-4-9-5-10(11(6-9)13(17)18)12(16)15-7-14(2,19)8-20-3/h9-11,19H,4-8H2,1-3H3,(H,15,16)(H,17,18)/t9?,10-,11+,14?/m0/s1. The minimum atomic E-state index is -0.962. The molecule has 20 heavy (non-hydrogen) atoms. The fourth-order valence-corrected chi connectivity index (χ4v) is 3.53. The van der Waals surface area contributed by atoms with Gasteiger partial charge in [0, 0.05) is 12.3 Å². The van der Waals surface area contributed by atoms with E-state index in [0.717, 1.165) is 6.42 Å². The largest absolute Gasteiger partial charge is 0.481 e. The number of carbonyl (C=O) groups excluding carboxylic acids is 1. The lowest BCUT2D eigenvalue weighted by Crippen LogP contribution is -2.45. The molecule has 1 amide bonds. The van der Waals surface area contributed by atoms with Crippen LogP contribution in [0.15, 0.2) is 0 Å². The summed E-state index contributed by atoms with van der Waals surface area (Å²) < 4.78 is 0. The van der Waals surface area contributed by atoms with Gasteiger partial charge >= 0.3 is 5.97 Å². The second-order valence-corrected chi connectivity index (χ2v) is 6.81. The molecular formula is C14H25NO4S. The van der Waals surface area contributed by atoms with E-state index in [9.17, 15) is 19.8 Å². The number of rotatable bonds is 7. The second-order valence-electron chi connectivity index (χ2n) is 5.94. The van der Waals surface area contributed by atoms with Crippen molar-refractivity contribution < 1.29 is 19.8 Å². The molecule has 0 aromatic carbocycles. The Morgan fingerprint density at radius 1 is 1.35 bits per heavy atom. The summed E-state index contributed by atoms with van der Waals surface area (Å²) in [5, 5.41) is 22.0. The molecule has 5 nitrogen and oxygen atoms in total. The molecule has 1 fully saturated rings. The molecule has 116 valence electrons. The highest BCUT2D eigenvalue weighted by molar-refractivity contribution is 7.98. The van der Waals surface area contributed by atoms with E-state index in [1.165, 1.54) is 11.8 Å². The zero-order chi connectivity index (χ0) is 15.3. The van der Waals surface area contributed by atoms with Crippen molar-refractivity contribution in [1.29, 1.82) is 0 Å². The molecule has 1 aliphatic carbocycles. The molecule has 6 heteroatoms. The van der Waals surface area contributed by atoms with Gasteiger partial charge in [0.25, 0.3) is 0 Å². The smallest absolute Gasteiger partial charge is 0.307 e. The van der Waals surface area contributed by atoms with E-state index >= 15 is 0 Å². The van der Waals surface area contributed by atoms with Crippen molar-refractivity contribution in [2.24, 2.45) is 17.8 Å². The van der Waals surface area contributed by atoms with Crippen LogP contribution in [0.4, 0.5) is 0 Å². The first-order valence-corrected chi connectivity index (χ1v) is 8.42. The zero-order valence-corrected chi connectivity index (χ0v) is 13.2. The van der Waals surface area contributed by atoms with Gasteiger partial charge < -0.3 is 15.5 Å². The Morgan fingerprint density at radius 2 is 1.95 bits per heavy atom. The van der Waals surface area contributed by atoms with E-state index in [1.54, 1.807) is 6.92 Å². The van der Waals surface area contributed by atoms with E-state index in [1.807, 2.05) is 13.2 Å². The first-order chi connectivity index (χ1) is 9.30. The van der Waals surface area contributed by atoms with E-state index in [2.05, 4.69) is 5.32 Å². The summed E-state index contributed by atoms with van der Waals surface area (Å²) in [6, 6.07) is 0. The van der Waals surface area contributed by atoms with Crippen LogP contribution in [0.1, 0.15) is 33.1 Å². The van der Waals surface area contributed by atoms with Crippen molar-refractivity contribution in [2.75, 3.05) is 18.6 Å². The van der Waals surface area contributed by atoms with Gasteiger partial charge in [0.05, 0.1) is 17.4 Å². The number of carboxylic acids is 1. The summed E-state index contributed by atoms with van der Waals surface area (Å²) in [5.41, 5.74) is -0.962. The molecule has 2 unspecified atom stereocenters. The monoisotopic (exact) mass is 303 g/mol. The predicted octanol–water partition coefficient (Wildman–Crippen LogP) is 1.35. The van der Waals surface area contributed by atoms with Crippen LogP contribution in [-0.2, 0) is 9.59 Å². The summed E-state index contributed by atoms with van der Waals surface area (Å²) in [5.74, 6) is -1.36. The van der Waals surface area contributed by atoms with Gasteiger partial charge in [0.1, 0.15) is 0 Å². The van der Waals surface area contributed by atoms with Gasteiger partial charge in [-0.2, -0.15) is 11.8 Å². The minimum Gasteiger partial charge on any atom is -0.481 e.